The highest BCUT2D eigenvalue weighted by Crippen LogP contribution is 2.54. The van der Waals surface area contributed by atoms with Crippen LogP contribution in [0, 0.1) is 5.41 Å². The summed E-state index contributed by atoms with van der Waals surface area (Å²) in [6.07, 6.45) is 2.40. The number of benzene rings is 2. The van der Waals surface area contributed by atoms with E-state index in [1.807, 2.05) is 42.5 Å². The van der Waals surface area contributed by atoms with Crippen LogP contribution in [0.2, 0.25) is 0 Å². The average Bonchev–Trinajstić information content (AvgIpc) is 3.39. The summed E-state index contributed by atoms with van der Waals surface area (Å²) < 4.78 is 10.6. The molecule has 6 nitrogen and oxygen atoms in total. The van der Waals surface area contributed by atoms with Crippen molar-refractivity contribution in [1.29, 1.82) is 0 Å². The maximum Gasteiger partial charge on any atom is 0.273 e. The van der Waals surface area contributed by atoms with Crippen LogP contribution in [0.1, 0.15) is 35.0 Å². The maximum absolute atomic E-state index is 12.7. The fraction of sp³-hybridized carbons (Fsp3) is 0.273. The third-order valence-electron chi connectivity index (χ3n) is 5.32. The van der Waals surface area contributed by atoms with Crippen LogP contribution in [0.5, 0.6) is 5.75 Å². The molecule has 2 N–H and O–H groups in total. The Bertz CT molecular complexity index is 946. The molecule has 1 aliphatic carbocycles. The number of methoxy groups -OCH3 is 1. The number of nitrogens with one attached hydrogen (secondary N) is 1. The largest absolute Gasteiger partial charge is 0.497 e. The van der Waals surface area contributed by atoms with E-state index in [9.17, 15) is 9.90 Å². The Labute approximate surface area is 163 Å². The van der Waals surface area contributed by atoms with E-state index in [2.05, 4.69) is 10.3 Å². The van der Waals surface area contributed by atoms with Gasteiger partial charge in [-0.1, -0.05) is 30.3 Å². The van der Waals surface area contributed by atoms with Gasteiger partial charge in [0.05, 0.1) is 13.2 Å². The van der Waals surface area contributed by atoms with Crippen molar-refractivity contribution < 1.29 is 19.1 Å². The molecule has 1 aliphatic rings. The summed E-state index contributed by atoms with van der Waals surface area (Å²) in [6, 6.07) is 16.8. The lowest BCUT2D eigenvalue weighted by Crippen LogP contribution is -2.33. The van der Waals surface area contributed by atoms with Gasteiger partial charge in [-0.3, -0.25) is 4.79 Å². The minimum Gasteiger partial charge on any atom is -0.497 e. The zero-order valence-electron chi connectivity index (χ0n) is 15.6. The number of oxazole rings is 1. The van der Waals surface area contributed by atoms with Crippen molar-refractivity contribution in [3.63, 3.8) is 0 Å². The summed E-state index contributed by atoms with van der Waals surface area (Å²) >= 11 is 0. The molecule has 0 spiro atoms. The molecule has 1 fully saturated rings. The summed E-state index contributed by atoms with van der Waals surface area (Å²) in [4.78, 5) is 16.8. The second-order valence-corrected chi connectivity index (χ2v) is 7.12. The zero-order chi connectivity index (χ0) is 19.6. The second-order valence-electron chi connectivity index (χ2n) is 7.12. The van der Waals surface area contributed by atoms with Gasteiger partial charge in [-0.15, -0.1) is 0 Å². The Morgan fingerprint density at radius 3 is 2.57 bits per heavy atom. The Balaban J connectivity index is 1.46. The minimum atomic E-state index is -0.604. The van der Waals surface area contributed by atoms with Gasteiger partial charge in [0.1, 0.15) is 5.75 Å². The van der Waals surface area contributed by atoms with Crippen molar-refractivity contribution in [3.05, 3.63) is 72.2 Å². The van der Waals surface area contributed by atoms with Crippen molar-refractivity contribution in [1.82, 2.24) is 10.3 Å². The highest BCUT2D eigenvalue weighted by molar-refractivity contribution is 5.97. The quantitative estimate of drug-likeness (QED) is 0.656. The fourth-order valence-corrected chi connectivity index (χ4v) is 3.39. The monoisotopic (exact) mass is 378 g/mol. The van der Waals surface area contributed by atoms with Crippen LogP contribution >= 0.6 is 0 Å². The molecule has 2 aromatic carbocycles. The average molecular weight is 378 g/mol. The number of amides is 1. The molecule has 1 atom stereocenters. The van der Waals surface area contributed by atoms with Gasteiger partial charge < -0.3 is 19.6 Å². The van der Waals surface area contributed by atoms with Crippen molar-refractivity contribution in [2.45, 2.75) is 18.9 Å². The van der Waals surface area contributed by atoms with E-state index in [0.717, 1.165) is 29.7 Å². The lowest BCUT2D eigenvalue weighted by Gasteiger charge is -2.23. The lowest BCUT2D eigenvalue weighted by atomic mass is 9.92. The van der Waals surface area contributed by atoms with Crippen LogP contribution in [0.25, 0.3) is 11.3 Å². The van der Waals surface area contributed by atoms with E-state index in [0.29, 0.717) is 12.3 Å². The van der Waals surface area contributed by atoms with Gasteiger partial charge in [-0.25, -0.2) is 4.98 Å². The number of carbonyl (C=O) groups is 1. The standard InChI is InChI=1S/C22H22N2O4/c1-27-17-9-7-15(8-10-17)19-18(24-14-28-19)21(26)23-13-22(11-12-22)20(25)16-5-3-2-4-6-16/h2-10,14,20,25H,11-13H2,1H3,(H,23,26). The van der Waals surface area contributed by atoms with Gasteiger partial charge >= 0.3 is 0 Å². The Morgan fingerprint density at radius 1 is 1.21 bits per heavy atom. The van der Waals surface area contributed by atoms with E-state index in [1.54, 1.807) is 19.2 Å². The number of nitrogens with zero attached hydrogens (tertiary/aromatic N) is 1. The van der Waals surface area contributed by atoms with Crippen molar-refractivity contribution in [2.75, 3.05) is 13.7 Å². The number of hydrogen-bond donors (Lipinski definition) is 2. The molecule has 6 heteroatoms. The SMILES string of the molecule is COc1ccc(-c2ocnc2C(=O)NCC2(C(O)c3ccccc3)CC2)cc1. The molecule has 0 saturated heterocycles. The van der Waals surface area contributed by atoms with Gasteiger partial charge in [0.25, 0.3) is 5.91 Å². The number of aromatic nitrogens is 1. The normalized spacial score (nSPS) is 15.6. The molecule has 3 aromatic rings. The van der Waals surface area contributed by atoms with Crippen LogP contribution in [-0.4, -0.2) is 29.7 Å². The van der Waals surface area contributed by atoms with Gasteiger partial charge in [0.2, 0.25) is 0 Å². The first-order chi connectivity index (χ1) is 13.6. The topological polar surface area (TPSA) is 84.6 Å². The summed E-state index contributed by atoms with van der Waals surface area (Å²) in [5.74, 6) is 0.819. The number of carbonyl (C=O) groups excluding carboxylic acids is 1. The molecule has 0 radical (unpaired) electrons. The Kier molecular flexibility index (Phi) is 4.88. The van der Waals surface area contributed by atoms with Gasteiger partial charge in [0, 0.05) is 17.5 Å². The molecule has 4 rings (SSSR count). The van der Waals surface area contributed by atoms with Crippen LogP contribution in [0.3, 0.4) is 0 Å². The van der Waals surface area contributed by atoms with E-state index >= 15 is 0 Å². The molecule has 1 amide bonds. The molecular formula is C22H22N2O4. The molecule has 144 valence electrons. The van der Waals surface area contributed by atoms with Crippen molar-refractivity contribution >= 4 is 5.91 Å². The first-order valence-electron chi connectivity index (χ1n) is 9.22. The molecule has 28 heavy (non-hydrogen) atoms. The molecule has 1 saturated carbocycles. The lowest BCUT2D eigenvalue weighted by molar-refractivity contribution is 0.0805. The van der Waals surface area contributed by atoms with E-state index in [1.165, 1.54) is 6.39 Å². The number of aliphatic hydroxyl groups excluding tert-OH is 1. The molecule has 0 aliphatic heterocycles. The predicted molar refractivity (Wildman–Crippen MR) is 104 cm³/mol. The summed E-state index contributed by atoms with van der Waals surface area (Å²) in [6.45, 7) is 0.386. The smallest absolute Gasteiger partial charge is 0.273 e. The fourth-order valence-electron chi connectivity index (χ4n) is 3.39. The van der Waals surface area contributed by atoms with E-state index < -0.39 is 6.10 Å². The molecule has 1 aromatic heterocycles. The molecule has 0 bridgehead atoms. The van der Waals surface area contributed by atoms with Gasteiger partial charge in [-0.2, -0.15) is 0 Å². The minimum absolute atomic E-state index is 0.232. The highest BCUT2D eigenvalue weighted by Gasteiger charge is 2.49. The zero-order valence-corrected chi connectivity index (χ0v) is 15.6. The van der Waals surface area contributed by atoms with E-state index in [-0.39, 0.29) is 17.0 Å². The summed E-state index contributed by atoms with van der Waals surface area (Å²) in [5, 5.41) is 13.7. The summed E-state index contributed by atoms with van der Waals surface area (Å²) in [7, 11) is 1.60. The first-order valence-corrected chi connectivity index (χ1v) is 9.22. The summed E-state index contributed by atoms with van der Waals surface area (Å²) in [5.41, 5.74) is 1.53. The third kappa shape index (κ3) is 3.51. The van der Waals surface area contributed by atoms with E-state index in [4.69, 9.17) is 9.15 Å². The predicted octanol–water partition coefficient (Wildman–Crippen LogP) is 3.59. The molecule has 1 unspecified atom stereocenters. The molecular weight excluding hydrogens is 356 g/mol. The number of hydrogen-bond acceptors (Lipinski definition) is 5. The maximum atomic E-state index is 12.7. The van der Waals surface area contributed by atoms with Crippen molar-refractivity contribution in [2.24, 2.45) is 5.41 Å². The number of aliphatic hydroxyl groups is 1. The van der Waals surface area contributed by atoms with Crippen LogP contribution in [-0.2, 0) is 0 Å². The Hall–Kier alpha value is -3.12. The highest BCUT2D eigenvalue weighted by atomic mass is 16.5. The first kappa shape index (κ1) is 18.3. The number of rotatable bonds is 7. The van der Waals surface area contributed by atoms with Crippen LogP contribution in [0.4, 0.5) is 0 Å². The van der Waals surface area contributed by atoms with Crippen LogP contribution < -0.4 is 10.1 Å². The number of ether oxygens (including phenoxy) is 1. The van der Waals surface area contributed by atoms with Crippen LogP contribution in [0.15, 0.2) is 65.4 Å². The molecule has 1 heterocycles. The Morgan fingerprint density at radius 2 is 1.93 bits per heavy atom. The van der Waals surface area contributed by atoms with Gasteiger partial charge in [0.15, 0.2) is 17.8 Å². The van der Waals surface area contributed by atoms with Crippen molar-refractivity contribution in [3.8, 4) is 17.1 Å². The third-order valence-corrected chi connectivity index (χ3v) is 5.32. The second kappa shape index (κ2) is 7.48. The van der Waals surface area contributed by atoms with Gasteiger partial charge in [-0.05, 0) is 42.7 Å².